The van der Waals surface area contributed by atoms with E-state index in [1.807, 2.05) is 29.6 Å². The van der Waals surface area contributed by atoms with Gasteiger partial charge in [0.25, 0.3) is 0 Å². The Morgan fingerprint density at radius 2 is 2.24 bits per heavy atom. The van der Waals surface area contributed by atoms with E-state index >= 15 is 0 Å². The minimum atomic E-state index is 0.653. The van der Waals surface area contributed by atoms with Crippen LogP contribution in [0.5, 0.6) is 5.75 Å². The molecular weight excluding hydrogens is 256 g/mol. The number of methoxy groups -OCH3 is 1. The second kappa shape index (κ2) is 4.05. The highest BCUT2D eigenvalue weighted by Crippen LogP contribution is 2.35. The number of aromatic amines is 1. The maximum absolute atomic E-state index is 6.10. The summed E-state index contributed by atoms with van der Waals surface area (Å²) in [6.07, 6.45) is 0. The number of aromatic nitrogens is 2. The van der Waals surface area contributed by atoms with Crippen LogP contribution in [0.15, 0.2) is 29.6 Å². The third-order valence-electron chi connectivity index (χ3n) is 2.53. The fourth-order valence-electron chi connectivity index (χ4n) is 1.74. The van der Waals surface area contributed by atoms with Crippen LogP contribution in [0.3, 0.4) is 0 Å². The first-order valence-electron chi connectivity index (χ1n) is 5.05. The van der Waals surface area contributed by atoms with Crippen molar-refractivity contribution in [3.05, 3.63) is 34.7 Å². The zero-order valence-electron chi connectivity index (χ0n) is 9.03. The van der Waals surface area contributed by atoms with Gasteiger partial charge in [-0.2, -0.15) is 0 Å². The molecule has 17 heavy (non-hydrogen) atoms. The highest BCUT2D eigenvalue weighted by Gasteiger charge is 2.12. The van der Waals surface area contributed by atoms with Gasteiger partial charge < -0.3 is 9.72 Å². The first-order chi connectivity index (χ1) is 8.29. The summed E-state index contributed by atoms with van der Waals surface area (Å²) < 4.78 is 5.28. The number of hydrogen-bond donors (Lipinski definition) is 1. The zero-order chi connectivity index (χ0) is 11.8. The average molecular weight is 265 g/mol. The van der Waals surface area contributed by atoms with Gasteiger partial charge in [-0.1, -0.05) is 17.7 Å². The third kappa shape index (κ3) is 1.69. The number of para-hydroxylation sites is 1. The maximum Gasteiger partial charge on any atom is 0.152 e. The van der Waals surface area contributed by atoms with E-state index in [4.69, 9.17) is 16.3 Å². The molecule has 2 aromatic heterocycles. The van der Waals surface area contributed by atoms with E-state index in [0.717, 1.165) is 27.5 Å². The number of rotatable bonds is 2. The van der Waals surface area contributed by atoms with Crippen molar-refractivity contribution in [1.29, 1.82) is 0 Å². The minimum absolute atomic E-state index is 0.653. The van der Waals surface area contributed by atoms with Crippen molar-refractivity contribution >= 4 is 34.0 Å². The lowest BCUT2D eigenvalue weighted by Gasteiger charge is -1.97. The predicted octanol–water partition coefficient (Wildman–Crippen LogP) is 3.95. The fraction of sp³-hybridized carbons (Fsp3) is 0.0833. The molecule has 0 bridgehead atoms. The van der Waals surface area contributed by atoms with Crippen molar-refractivity contribution in [2.75, 3.05) is 7.11 Å². The van der Waals surface area contributed by atoms with Crippen LogP contribution in [0, 0.1) is 0 Å². The number of H-pyrrole nitrogens is 1. The van der Waals surface area contributed by atoms with Crippen molar-refractivity contribution < 1.29 is 4.74 Å². The second-order valence-electron chi connectivity index (χ2n) is 3.54. The Bertz CT molecular complexity index is 674. The molecule has 0 aliphatic carbocycles. The molecule has 86 valence electrons. The molecule has 0 unspecified atom stereocenters. The molecule has 3 aromatic rings. The second-order valence-corrected chi connectivity index (χ2v) is 4.86. The summed E-state index contributed by atoms with van der Waals surface area (Å²) in [6, 6.07) is 7.62. The molecule has 0 atom stereocenters. The first-order valence-corrected chi connectivity index (χ1v) is 6.31. The third-order valence-corrected chi connectivity index (χ3v) is 3.73. The number of fused-ring (bicyclic) bond motifs is 1. The average Bonchev–Trinajstić information content (AvgIpc) is 2.94. The highest BCUT2D eigenvalue weighted by molar-refractivity contribution is 7.13. The Morgan fingerprint density at radius 1 is 1.35 bits per heavy atom. The molecule has 0 saturated carbocycles. The molecule has 2 heterocycles. The molecule has 0 amide bonds. The normalized spacial score (nSPS) is 10.9. The molecule has 0 aliphatic heterocycles. The topological polar surface area (TPSA) is 37.9 Å². The summed E-state index contributed by atoms with van der Waals surface area (Å²) >= 11 is 7.68. The molecule has 3 nitrogen and oxygen atoms in total. The van der Waals surface area contributed by atoms with Crippen LogP contribution in [0.1, 0.15) is 0 Å². The molecular formula is C12H9ClN2OS. The van der Waals surface area contributed by atoms with Crippen molar-refractivity contribution in [2.24, 2.45) is 0 Å². The van der Waals surface area contributed by atoms with Crippen LogP contribution in [-0.2, 0) is 0 Å². The molecule has 0 aliphatic rings. The van der Waals surface area contributed by atoms with Crippen LogP contribution in [0.25, 0.3) is 21.7 Å². The summed E-state index contributed by atoms with van der Waals surface area (Å²) in [6.45, 7) is 0. The number of halogens is 1. The van der Waals surface area contributed by atoms with E-state index in [1.165, 1.54) is 0 Å². The van der Waals surface area contributed by atoms with Gasteiger partial charge >= 0.3 is 0 Å². The van der Waals surface area contributed by atoms with Crippen LogP contribution in [0.4, 0.5) is 0 Å². The number of benzene rings is 1. The predicted molar refractivity (Wildman–Crippen MR) is 71.0 cm³/mol. The summed E-state index contributed by atoms with van der Waals surface area (Å²) in [7, 11) is 1.65. The van der Waals surface area contributed by atoms with Gasteiger partial charge in [0.05, 0.1) is 17.6 Å². The molecule has 1 aromatic carbocycles. The number of nitrogens with one attached hydrogen (secondary N) is 1. The van der Waals surface area contributed by atoms with Gasteiger partial charge in [-0.25, -0.2) is 4.98 Å². The summed E-state index contributed by atoms with van der Waals surface area (Å²) in [5.74, 6) is 1.62. The largest absolute Gasteiger partial charge is 0.495 e. The van der Waals surface area contributed by atoms with E-state index in [-0.39, 0.29) is 0 Å². The molecule has 0 radical (unpaired) electrons. The smallest absolute Gasteiger partial charge is 0.152 e. The maximum atomic E-state index is 6.10. The van der Waals surface area contributed by atoms with Gasteiger partial charge in [-0.05, 0) is 23.6 Å². The lowest BCUT2D eigenvalue weighted by Crippen LogP contribution is -1.83. The van der Waals surface area contributed by atoms with Crippen LogP contribution >= 0.6 is 22.9 Å². The minimum Gasteiger partial charge on any atom is -0.495 e. The molecule has 5 heteroatoms. The fourth-order valence-corrected chi connectivity index (χ4v) is 2.76. The number of imidazole rings is 1. The van der Waals surface area contributed by atoms with Crippen molar-refractivity contribution in [3.8, 4) is 16.5 Å². The van der Waals surface area contributed by atoms with Gasteiger partial charge in [0.1, 0.15) is 16.1 Å². The molecule has 1 N–H and O–H groups in total. The lowest BCUT2D eigenvalue weighted by atomic mass is 10.3. The zero-order valence-corrected chi connectivity index (χ0v) is 10.6. The van der Waals surface area contributed by atoms with E-state index in [0.29, 0.717) is 5.02 Å². The number of thiophene rings is 1. The van der Waals surface area contributed by atoms with Crippen molar-refractivity contribution in [2.45, 2.75) is 0 Å². The van der Waals surface area contributed by atoms with Gasteiger partial charge in [-0.15, -0.1) is 11.3 Å². The van der Waals surface area contributed by atoms with Gasteiger partial charge in [0.2, 0.25) is 0 Å². The lowest BCUT2D eigenvalue weighted by molar-refractivity contribution is 0.418. The first kappa shape index (κ1) is 10.6. The Kier molecular flexibility index (Phi) is 2.53. The summed E-state index contributed by atoms with van der Waals surface area (Å²) in [5.41, 5.74) is 1.72. The van der Waals surface area contributed by atoms with Gasteiger partial charge in [0, 0.05) is 0 Å². The van der Waals surface area contributed by atoms with Crippen LogP contribution in [0.2, 0.25) is 5.02 Å². The van der Waals surface area contributed by atoms with E-state index in [1.54, 1.807) is 18.4 Å². The van der Waals surface area contributed by atoms with Gasteiger partial charge in [-0.3, -0.25) is 0 Å². The Hall–Kier alpha value is -1.52. The van der Waals surface area contributed by atoms with E-state index < -0.39 is 0 Å². The molecule has 0 saturated heterocycles. The SMILES string of the molecule is COc1ccsc1-c1nc2c(Cl)cccc2[nH]1. The van der Waals surface area contributed by atoms with Crippen molar-refractivity contribution in [3.63, 3.8) is 0 Å². The quantitative estimate of drug-likeness (QED) is 0.761. The number of nitrogens with zero attached hydrogens (tertiary/aromatic N) is 1. The monoisotopic (exact) mass is 264 g/mol. The number of hydrogen-bond acceptors (Lipinski definition) is 3. The highest BCUT2D eigenvalue weighted by atomic mass is 35.5. The van der Waals surface area contributed by atoms with Gasteiger partial charge in [0.15, 0.2) is 5.82 Å². The Labute approximate surface area is 107 Å². The molecule has 0 spiro atoms. The number of ether oxygens (including phenoxy) is 1. The Morgan fingerprint density at radius 3 is 3.00 bits per heavy atom. The molecule has 3 rings (SSSR count). The molecule has 0 fully saturated rings. The summed E-state index contributed by atoms with van der Waals surface area (Å²) in [5, 5.41) is 2.63. The summed E-state index contributed by atoms with van der Waals surface area (Å²) in [4.78, 5) is 8.74. The van der Waals surface area contributed by atoms with E-state index in [9.17, 15) is 0 Å². The van der Waals surface area contributed by atoms with Crippen molar-refractivity contribution in [1.82, 2.24) is 9.97 Å². The van der Waals surface area contributed by atoms with E-state index in [2.05, 4.69) is 9.97 Å². The van der Waals surface area contributed by atoms with Crippen LogP contribution < -0.4 is 4.74 Å². The Balaban J connectivity index is 2.22. The standard InChI is InChI=1S/C12H9ClN2OS/c1-16-9-5-6-17-11(9)12-14-8-4-2-3-7(13)10(8)15-12/h2-6H,1H3,(H,14,15). The van der Waals surface area contributed by atoms with Crippen LogP contribution in [-0.4, -0.2) is 17.1 Å².